The summed E-state index contributed by atoms with van der Waals surface area (Å²) >= 11 is 5.86. The van der Waals surface area contributed by atoms with Gasteiger partial charge in [0.25, 0.3) is 5.56 Å². The zero-order chi connectivity index (χ0) is 15.8. The molecule has 2 aromatic rings. The van der Waals surface area contributed by atoms with Gasteiger partial charge in [-0.05, 0) is 37.7 Å². The maximum Gasteiger partial charge on any atom is 0.267 e. The van der Waals surface area contributed by atoms with Crippen LogP contribution >= 0.6 is 11.6 Å². The van der Waals surface area contributed by atoms with Crippen LogP contribution in [0.2, 0.25) is 5.02 Å². The van der Waals surface area contributed by atoms with Gasteiger partial charge in [-0.25, -0.2) is 14.6 Å². The lowest BCUT2D eigenvalue weighted by Gasteiger charge is -2.24. The molecule has 0 N–H and O–H groups in total. The summed E-state index contributed by atoms with van der Waals surface area (Å²) in [6, 6.07) is 1.95. The summed E-state index contributed by atoms with van der Waals surface area (Å²) in [5.74, 6) is 0.672. The average Bonchev–Trinajstić information content (AvgIpc) is 3.17. The second-order valence-corrected chi connectivity index (χ2v) is 6.62. The van der Waals surface area contributed by atoms with E-state index in [1.165, 1.54) is 0 Å². The van der Waals surface area contributed by atoms with Crippen LogP contribution < -0.4 is 10.5 Å². The minimum Gasteiger partial charge on any atom is -0.336 e. The second kappa shape index (κ2) is 5.92. The largest absolute Gasteiger partial charge is 0.336 e. The van der Waals surface area contributed by atoms with Crippen molar-refractivity contribution in [2.75, 3.05) is 11.4 Å². The van der Waals surface area contributed by atoms with E-state index < -0.39 is 0 Å². The molecule has 1 fully saturated rings. The highest BCUT2D eigenvalue weighted by atomic mass is 35.5. The monoisotopic (exact) mass is 331 g/mol. The lowest BCUT2D eigenvalue weighted by atomic mass is 10.2. The molecule has 2 aliphatic rings. The number of rotatable bonds is 3. The number of anilines is 1. The van der Waals surface area contributed by atoms with Crippen molar-refractivity contribution in [1.29, 1.82) is 0 Å². The Morgan fingerprint density at radius 2 is 2.04 bits per heavy atom. The van der Waals surface area contributed by atoms with Crippen molar-refractivity contribution in [2.24, 2.45) is 0 Å². The third-order valence-electron chi connectivity index (χ3n) is 4.65. The van der Waals surface area contributed by atoms with Crippen LogP contribution in [0.3, 0.4) is 0 Å². The zero-order valence-corrected chi connectivity index (χ0v) is 13.5. The summed E-state index contributed by atoms with van der Waals surface area (Å²) in [6.45, 7) is 1.48. The number of aromatic nitrogens is 4. The van der Waals surface area contributed by atoms with Crippen LogP contribution in [0, 0.1) is 0 Å². The molecule has 0 bridgehead atoms. The van der Waals surface area contributed by atoms with Gasteiger partial charge in [0.15, 0.2) is 0 Å². The summed E-state index contributed by atoms with van der Waals surface area (Å²) in [5, 5.41) is 5.10. The average molecular weight is 332 g/mol. The van der Waals surface area contributed by atoms with Gasteiger partial charge in [0.1, 0.15) is 0 Å². The Kier molecular flexibility index (Phi) is 3.77. The summed E-state index contributed by atoms with van der Waals surface area (Å²) in [6.07, 6.45) is 8.35. The van der Waals surface area contributed by atoms with Gasteiger partial charge in [0.05, 0.1) is 35.7 Å². The Morgan fingerprint density at radius 1 is 1.22 bits per heavy atom. The molecule has 1 saturated heterocycles. The minimum absolute atomic E-state index is 0.00507. The molecule has 0 spiro atoms. The molecule has 1 atom stereocenters. The Bertz CT molecular complexity index is 773. The molecule has 1 aliphatic heterocycles. The molecule has 120 valence electrons. The van der Waals surface area contributed by atoms with Crippen molar-refractivity contribution in [2.45, 2.75) is 44.7 Å². The van der Waals surface area contributed by atoms with Crippen LogP contribution in [0.4, 0.5) is 5.95 Å². The van der Waals surface area contributed by atoms with E-state index in [2.05, 4.69) is 20.0 Å². The van der Waals surface area contributed by atoms with Gasteiger partial charge in [0.2, 0.25) is 5.95 Å². The smallest absolute Gasteiger partial charge is 0.267 e. The molecular weight excluding hydrogens is 314 g/mol. The summed E-state index contributed by atoms with van der Waals surface area (Å²) in [4.78, 5) is 23.1. The number of nitrogens with zero attached hydrogens (tertiary/aromatic N) is 5. The molecule has 23 heavy (non-hydrogen) atoms. The highest BCUT2D eigenvalue weighted by Gasteiger charge is 2.28. The van der Waals surface area contributed by atoms with Gasteiger partial charge in [0, 0.05) is 12.6 Å². The van der Waals surface area contributed by atoms with Gasteiger partial charge >= 0.3 is 0 Å². The molecule has 0 amide bonds. The Balaban J connectivity index is 1.58. The number of halogens is 1. The molecule has 2 aromatic heterocycles. The van der Waals surface area contributed by atoms with Crippen LogP contribution in [0.25, 0.3) is 0 Å². The van der Waals surface area contributed by atoms with Crippen molar-refractivity contribution in [3.8, 4) is 0 Å². The van der Waals surface area contributed by atoms with Gasteiger partial charge in [-0.3, -0.25) is 4.79 Å². The van der Waals surface area contributed by atoms with E-state index in [9.17, 15) is 4.79 Å². The molecule has 7 heteroatoms. The predicted octanol–water partition coefficient (Wildman–Crippen LogP) is 1.84. The third kappa shape index (κ3) is 2.83. The quantitative estimate of drug-likeness (QED) is 0.858. The highest BCUT2D eigenvalue weighted by Crippen LogP contribution is 2.24. The van der Waals surface area contributed by atoms with Crippen LogP contribution in [0.5, 0.6) is 0 Å². The van der Waals surface area contributed by atoms with Crippen molar-refractivity contribution in [3.05, 3.63) is 45.1 Å². The number of fused-ring (bicyclic) bond motifs is 1. The first-order valence-corrected chi connectivity index (χ1v) is 8.42. The van der Waals surface area contributed by atoms with Gasteiger partial charge < -0.3 is 4.90 Å². The van der Waals surface area contributed by atoms with E-state index in [4.69, 9.17) is 11.6 Å². The fourth-order valence-electron chi connectivity index (χ4n) is 3.51. The van der Waals surface area contributed by atoms with Gasteiger partial charge in [-0.15, -0.1) is 0 Å². The Hall–Kier alpha value is -1.95. The molecular formula is C16H18ClN5O. The van der Waals surface area contributed by atoms with Crippen LogP contribution in [-0.2, 0) is 19.4 Å². The third-order valence-corrected chi connectivity index (χ3v) is 4.84. The number of hydrogen-bond donors (Lipinski definition) is 0. The van der Waals surface area contributed by atoms with Crippen molar-refractivity contribution < 1.29 is 0 Å². The highest BCUT2D eigenvalue weighted by molar-refractivity contribution is 6.30. The van der Waals surface area contributed by atoms with Crippen molar-refractivity contribution in [1.82, 2.24) is 19.7 Å². The summed E-state index contributed by atoms with van der Waals surface area (Å²) < 4.78 is 1.61. The fraction of sp³-hybridized carbons (Fsp3) is 0.500. The van der Waals surface area contributed by atoms with E-state index in [1.54, 1.807) is 23.1 Å². The molecule has 0 aromatic carbocycles. The predicted molar refractivity (Wildman–Crippen MR) is 87.9 cm³/mol. The molecule has 4 rings (SSSR count). The van der Waals surface area contributed by atoms with Crippen molar-refractivity contribution in [3.63, 3.8) is 0 Å². The van der Waals surface area contributed by atoms with E-state index in [-0.39, 0.29) is 11.6 Å². The molecule has 3 heterocycles. The first kappa shape index (κ1) is 14.6. The Morgan fingerprint density at radius 3 is 2.87 bits per heavy atom. The van der Waals surface area contributed by atoms with E-state index in [0.29, 0.717) is 17.5 Å². The van der Waals surface area contributed by atoms with E-state index in [1.807, 2.05) is 0 Å². The zero-order valence-electron chi connectivity index (χ0n) is 12.8. The Labute approximate surface area is 139 Å². The number of aryl methyl sites for hydroxylation is 2. The maximum atomic E-state index is 12.3. The molecule has 0 radical (unpaired) electrons. The fourth-order valence-corrected chi connectivity index (χ4v) is 3.61. The van der Waals surface area contributed by atoms with Crippen LogP contribution in [-0.4, -0.2) is 32.3 Å². The van der Waals surface area contributed by atoms with Crippen LogP contribution in [0.15, 0.2) is 23.3 Å². The lowest BCUT2D eigenvalue weighted by molar-refractivity contribution is 0.480. The number of hydrogen-bond acceptors (Lipinski definition) is 5. The maximum absolute atomic E-state index is 12.3. The van der Waals surface area contributed by atoms with Crippen molar-refractivity contribution >= 4 is 17.5 Å². The normalized spacial score (nSPS) is 20.0. The lowest BCUT2D eigenvalue weighted by Crippen LogP contribution is -2.38. The molecule has 0 saturated carbocycles. The molecule has 6 nitrogen and oxygen atoms in total. The van der Waals surface area contributed by atoms with E-state index >= 15 is 0 Å². The first-order chi connectivity index (χ1) is 11.2. The summed E-state index contributed by atoms with van der Waals surface area (Å²) in [5.41, 5.74) is 2.20. The first-order valence-electron chi connectivity index (χ1n) is 8.05. The summed E-state index contributed by atoms with van der Waals surface area (Å²) in [7, 11) is 0. The van der Waals surface area contributed by atoms with Gasteiger partial charge in [-0.1, -0.05) is 11.6 Å². The van der Waals surface area contributed by atoms with Gasteiger partial charge in [-0.2, -0.15) is 5.10 Å². The molecule has 1 unspecified atom stereocenters. The minimum atomic E-state index is -0.00507. The SMILES string of the molecule is O=c1cc2c(nn1CC1CCCN1c1ncc(Cl)cn1)CCC2. The second-order valence-electron chi connectivity index (χ2n) is 6.18. The van der Waals surface area contributed by atoms with E-state index in [0.717, 1.165) is 49.9 Å². The topological polar surface area (TPSA) is 63.9 Å². The molecule has 1 aliphatic carbocycles. The standard InChI is InChI=1S/C16H18ClN5O/c17-12-8-18-16(19-9-12)21-6-2-4-13(21)10-22-15(23)7-11-3-1-5-14(11)20-22/h7-9,13H,1-6,10H2. The van der Waals surface area contributed by atoms with Crippen LogP contribution in [0.1, 0.15) is 30.5 Å².